The van der Waals surface area contributed by atoms with Crippen molar-refractivity contribution in [3.63, 3.8) is 0 Å². The van der Waals surface area contributed by atoms with Gasteiger partial charge in [0.1, 0.15) is 30.3 Å². The van der Waals surface area contributed by atoms with Crippen LogP contribution < -0.4 is 0 Å². The molecule has 7 heteroatoms. The fourth-order valence-electron chi connectivity index (χ4n) is 3.33. The molecule has 2 aliphatic heterocycles. The number of rotatable bonds is 2. The van der Waals surface area contributed by atoms with Crippen LogP contribution in [0, 0.1) is 6.92 Å². The van der Waals surface area contributed by atoms with Crippen molar-refractivity contribution < 1.29 is 19.3 Å². The Kier molecular flexibility index (Phi) is 3.02. The highest BCUT2D eigenvalue weighted by atomic mass is 16.8. The number of hydrogen-bond acceptors (Lipinski definition) is 6. The fourth-order valence-corrected chi connectivity index (χ4v) is 3.33. The molecule has 118 valence electrons. The van der Waals surface area contributed by atoms with E-state index < -0.39 is 11.9 Å². The van der Waals surface area contributed by atoms with Crippen molar-refractivity contribution in [3.05, 3.63) is 24.3 Å². The van der Waals surface area contributed by atoms with E-state index in [4.69, 9.17) is 14.2 Å². The number of nitrogens with zero attached hydrogens (tertiary/aromatic N) is 3. The van der Waals surface area contributed by atoms with Crippen molar-refractivity contribution in [2.75, 3.05) is 6.61 Å². The molecule has 22 heavy (non-hydrogen) atoms. The summed E-state index contributed by atoms with van der Waals surface area (Å²) in [6, 6.07) is 1.97. The van der Waals surface area contributed by atoms with E-state index >= 15 is 0 Å². The van der Waals surface area contributed by atoms with Gasteiger partial charge in [0.05, 0.1) is 12.3 Å². The van der Waals surface area contributed by atoms with Crippen LogP contribution in [0.1, 0.15) is 25.8 Å². The van der Waals surface area contributed by atoms with Crippen LogP contribution in [0.5, 0.6) is 0 Å². The number of ether oxygens (including phenoxy) is 3. The summed E-state index contributed by atoms with van der Waals surface area (Å²) in [5.74, 6) is -0.682. The Morgan fingerprint density at radius 2 is 2.05 bits per heavy atom. The molecular formula is C15H19N3O4. The highest BCUT2D eigenvalue weighted by Crippen LogP contribution is 2.43. The van der Waals surface area contributed by atoms with E-state index in [-0.39, 0.29) is 25.0 Å². The van der Waals surface area contributed by atoms with Gasteiger partial charge in [0.25, 0.3) is 0 Å². The predicted molar refractivity (Wildman–Crippen MR) is 77.1 cm³/mol. The van der Waals surface area contributed by atoms with Crippen LogP contribution in [0.4, 0.5) is 0 Å². The smallest absolute Gasteiger partial charge is 0.164 e. The molecule has 2 fully saturated rings. The minimum atomic E-state index is -0.682. The highest BCUT2D eigenvalue weighted by Gasteiger charge is 2.55. The summed E-state index contributed by atoms with van der Waals surface area (Å²) >= 11 is 0. The van der Waals surface area contributed by atoms with Crippen LogP contribution in [0.25, 0.3) is 11.0 Å². The second kappa shape index (κ2) is 4.73. The third-order valence-electron chi connectivity index (χ3n) is 4.29. The van der Waals surface area contributed by atoms with Crippen LogP contribution in [0.3, 0.4) is 0 Å². The Morgan fingerprint density at radius 3 is 2.82 bits per heavy atom. The van der Waals surface area contributed by atoms with Crippen molar-refractivity contribution in [3.8, 4) is 0 Å². The SMILES string of the molecule is Cc1ncnc2c1ccn2[C@@H]1O[C@@H](CO)[C@H]2OC(C)(C)O[C@H]21. The lowest BCUT2D eigenvalue weighted by atomic mass is 10.1. The average molecular weight is 305 g/mol. The second-order valence-electron chi connectivity index (χ2n) is 6.23. The molecule has 7 nitrogen and oxygen atoms in total. The minimum Gasteiger partial charge on any atom is -0.394 e. The van der Waals surface area contributed by atoms with Crippen LogP contribution in [-0.4, -0.2) is 50.3 Å². The number of aliphatic hydroxyl groups excluding tert-OH is 1. The summed E-state index contributed by atoms with van der Waals surface area (Å²) in [6.45, 7) is 5.58. The summed E-state index contributed by atoms with van der Waals surface area (Å²) in [4.78, 5) is 8.57. The van der Waals surface area contributed by atoms with Crippen molar-refractivity contribution in [2.45, 2.75) is 51.1 Å². The molecule has 0 radical (unpaired) electrons. The largest absolute Gasteiger partial charge is 0.394 e. The van der Waals surface area contributed by atoms with Crippen LogP contribution >= 0.6 is 0 Å². The van der Waals surface area contributed by atoms with E-state index in [1.54, 1.807) is 6.33 Å². The predicted octanol–water partition coefficient (Wildman–Crippen LogP) is 1.15. The third-order valence-corrected chi connectivity index (χ3v) is 4.29. The van der Waals surface area contributed by atoms with Gasteiger partial charge in [-0.15, -0.1) is 0 Å². The maximum Gasteiger partial charge on any atom is 0.164 e. The van der Waals surface area contributed by atoms with E-state index in [0.29, 0.717) is 0 Å². The van der Waals surface area contributed by atoms with E-state index in [2.05, 4.69) is 9.97 Å². The van der Waals surface area contributed by atoms with Gasteiger partial charge in [-0.05, 0) is 26.8 Å². The molecule has 4 atom stereocenters. The highest BCUT2D eigenvalue weighted by molar-refractivity contribution is 5.78. The summed E-state index contributed by atoms with van der Waals surface area (Å²) in [5, 5.41) is 10.5. The molecule has 4 rings (SSSR count). The first-order valence-corrected chi connectivity index (χ1v) is 7.40. The monoisotopic (exact) mass is 305 g/mol. The average Bonchev–Trinajstić information content (AvgIpc) is 3.10. The molecule has 0 amide bonds. The van der Waals surface area contributed by atoms with Crippen molar-refractivity contribution in [1.82, 2.24) is 14.5 Å². The standard InChI is InChI=1S/C15H19N3O4/c1-8-9-4-5-18(13(9)17-7-16-8)14-12-11(10(6-19)20-14)21-15(2,3)22-12/h4-5,7,10-12,14,19H,6H2,1-3H3/t10-,11+,12+,14+/m0/s1. The summed E-state index contributed by atoms with van der Waals surface area (Å²) in [6.07, 6.45) is 2.11. The van der Waals surface area contributed by atoms with E-state index in [1.165, 1.54) is 0 Å². The molecule has 0 aromatic carbocycles. The summed E-state index contributed by atoms with van der Waals surface area (Å²) in [7, 11) is 0. The summed E-state index contributed by atoms with van der Waals surface area (Å²) in [5.41, 5.74) is 1.71. The van der Waals surface area contributed by atoms with Gasteiger partial charge in [-0.2, -0.15) is 0 Å². The minimum absolute atomic E-state index is 0.107. The Balaban J connectivity index is 1.77. The van der Waals surface area contributed by atoms with E-state index in [9.17, 15) is 5.11 Å². The number of aryl methyl sites for hydroxylation is 1. The number of hydrogen-bond donors (Lipinski definition) is 1. The van der Waals surface area contributed by atoms with Crippen molar-refractivity contribution in [2.24, 2.45) is 0 Å². The first-order valence-electron chi connectivity index (χ1n) is 7.40. The molecular weight excluding hydrogens is 286 g/mol. The lowest BCUT2D eigenvalue weighted by molar-refractivity contribution is -0.199. The van der Waals surface area contributed by atoms with Gasteiger partial charge in [0, 0.05) is 11.6 Å². The van der Waals surface area contributed by atoms with Gasteiger partial charge in [-0.3, -0.25) is 0 Å². The Bertz CT molecular complexity index is 714. The topological polar surface area (TPSA) is 78.6 Å². The molecule has 0 aliphatic carbocycles. The van der Waals surface area contributed by atoms with Crippen LogP contribution in [0.15, 0.2) is 18.6 Å². The first-order chi connectivity index (χ1) is 10.5. The molecule has 0 spiro atoms. The summed E-state index contributed by atoms with van der Waals surface area (Å²) < 4.78 is 19.8. The third kappa shape index (κ3) is 1.97. The Hall–Kier alpha value is -1.54. The maximum atomic E-state index is 9.56. The zero-order chi connectivity index (χ0) is 15.5. The van der Waals surface area contributed by atoms with Crippen molar-refractivity contribution in [1.29, 1.82) is 0 Å². The van der Waals surface area contributed by atoms with Crippen molar-refractivity contribution >= 4 is 11.0 Å². The Morgan fingerprint density at radius 1 is 1.27 bits per heavy atom. The fraction of sp³-hybridized carbons (Fsp3) is 0.600. The maximum absolute atomic E-state index is 9.56. The molecule has 2 aromatic heterocycles. The Labute approximate surface area is 127 Å². The lowest BCUT2D eigenvalue weighted by Gasteiger charge is -2.24. The molecule has 0 bridgehead atoms. The molecule has 1 N–H and O–H groups in total. The second-order valence-corrected chi connectivity index (χ2v) is 6.23. The van der Waals surface area contributed by atoms with E-state index in [1.807, 2.05) is 37.6 Å². The lowest BCUT2D eigenvalue weighted by Crippen LogP contribution is -2.31. The van der Waals surface area contributed by atoms with E-state index in [0.717, 1.165) is 16.7 Å². The molecule has 2 aromatic rings. The molecule has 2 saturated heterocycles. The molecule has 4 heterocycles. The zero-order valence-corrected chi connectivity index (χ0v) is 12.8. The quantitative estimate of drug-likeness (QED) is 0.896. The van der Waals surface area contributed by atoms with Gasteiger partial charge in [-0.1, -0.05) is 0 Å². The van der Waals surface area contributed by atoms with Gasteiger partial charge in [-0.25, -0.2) is 9.97 Å². The molecule has 0 saturated carbocycles. The van der Waals surface area contributed by atoms with Gasteiger partial charge in [0.15, 0.2) is 12.0 Å². The van der Waals surface area contributed by atoms with Gasteiger partial charge in [0.2, 0.25) is 0 Å². The number of aliphatic hydroxyl groups is 1. The normalized spacial score (nSPS) is 33.5. The first kappa shape index (κ1) is 14.1. The number of fused-ring (bicyclic) bond motifs is 2. The van der Waals surface area contributed by atoms with Crippen LogP contribution in [0.2, 0.25) is 0 Å². The zero-order valence-electron chi connectivity index (χ0n) is 12.8. The number of aromatic nitrogens is 3. The molecule has 0 unspecified atom stereocenters. The van der Waals surface area contributed by atoms with Gasteiger partial charge >= 0.3 is 0 Å². The van der Waals surface area contributed by atoms with Gasteiger partial charge < -0.3 is 23.9 Å². The van der Waals surface area contributed by atoms with Crippen LogP contribution in [-0.2, 0) is 14.2 Å². The molecule has 2 aliphatic rings.